The summed E-state index contributed by atoms with van der Waals surface area (Å²) in [7, 11) is 0. The number of aryl methyl sites for hydroxylation is 1. The topological polar surface area (TPSA) is 50.7 Å². The fourth-order valence-corrected chi connectivity index (χ4v) is 3.07. The lowest BCUT2D eigenvalue weighted by Gasteiger charge is -1.99. The molecule has 0 aromatic carbocycles. The van der Waals surface area contributed by atoms with Gasteiger partial charge < -0.3 is 5.32 Å². The van der Waals surface area contributed by atoms with Gasteiger partial charge in [-0.3, -0.25) is 0 Å². The first-order chi connectivity index (χ1) is 8.42. The van der Waals surface area contributed by atoms with Crippen molar-refractivity contribution in [2.75, 3.05) is 6.54 Å². The second-order valence-corrected chi connectivity index (χ2v) is 5.99. The predicted molar refractivity (Wildman–Crippen MR) is 70.4 cm³/mol. The highest BCUT2D eigenvalue weighted by Crippen LogP contribution is 2.23. The molecule has 0 bridgehead atoms. The van der Waals surface area contributed by atoms with Crippen LogP contribution in [0.2, 0.25) is 0 Å². The van der Waals surface area contributed by atoms with Gasteiger partial charge in [0.2, 0.25) is 0 Å². The average Bonchev–Trinajstić information content (AvgIpc) is 2.84. The van der Waals surface area contributed by atoms with Crippen LogP contribution in [0.15, 0.2) is 10.9 Å². The monoisotopic (exact) mass is 266 g/mol. The molecule has 2 heterocycles. The van der Waals surface area contributed by atoms with Gasteiger partial charge in [-0.1, -0.05) is 11.3 Å². The maximum atomic E-state index is 4.24. The molecule has 1 N–H and O–H groups in total. The third kappa shape index (κ3) is 3.08. The van der Waals surface area contributed by atoms with Crippen molar-refractivity contribution in [3.8, 4) is 10.7 Å². The second kappa shape index (κ2) is 5.20. The summed E-state index contributed by atoms with van der Waals surface area (Å²) in [6.07, 6.45) is 4.86. The summed E-state index contributed by atoms with van der Waals surface area (Å²) in [4.78, 5) is 4.24. The van der Waals surface area contributed by atoms with Crippen LogP contribution in [-0.2, 0) is 6.42 Å². The van der Waals surface area contributed by atoms with Gasteiger partial charge in [0.1, 0.15) is 10.7 Å². The van der Waals surface area contributed by atoms with E-state index in [1.165, 1.54) is 12.8 Å². The van der Waals surface area contributed by atoms with Gasteiger partial charge in [0, 0.05) is 17.8 Å². The van der Waals surface area contributed by atoms with E-state index in [0.29, 0.717) is 0 Å². The van der Waals surface area contributed by atoms with E-state index in [2.05, 4.69) is 20.5 Å². The third-order valence-electron chi connectivity index (χ3n) is 2.70. The summed E-state index contributed by atoms with van der Waals surface area (Å²) in [6, 6.07) is 0.801. The molecular weight excluding hydrogens is 252 g/mol. The highest BCUT2D eigenvalue weighted by molar-refractivity contribution is 7.15. The van der Waals surface area contributed by atoms with Crippen molar-refractivity contribution in [1.29, 1.82) is 0 Å². The van der Waals surface area contributed by atoms with Crippen LogP contribution in [0.5, 0.6) is 0 Å². The number of hydrogen-bond donors (Lipinski definition) is 1. The Labute approximate surface area is 108 Å². The maximum absolute atomic E-state index is 4.24. The molecule has 0 atom stereocenters. The van der Waals surface area contributed by atoms with E-state index in [1.54, 1.807) is 22.7 Å². The van der Waals surface area contributed by atoms with Gasteiger partial charge in [0.15, 0.2) is 5.01 Å². The van der Waals surface area contributed by atoms with Crippen LogP contribution in [0.25, 0.3) is 10.7 Å². The third-order valence-corrected chi connectivity index (χ3v) is 4.29. The minimum Gasteiger partial charge on any atom is -0.314 e. The van der Waals surface area contributed by atoms with Gasteiger partial charge in [0.25, 0.3) is 0 Å². The van der Waals surface area contributed by atoms with Crippen molar-refractivity contribution in [2.24, 2.45) is 0 Å². The number of rotatable bonds is 6. The Balaban J connectivity index is 1.50. The van der Waals surface area contributed by atoms with Crippen molar-refractivity contribution in [2.45, 2.75) is 31.7 Å². The predicted octanol–water partition coefficient (Wildman–Crippen LogP) is 2.35. The van der Waals surface area contributed by atoms with E-state index in [4.69, 9.17) is 0 Å². The summed E-state index contributed by atoms with van der Waals surface area (Å²) in [5, 5.41) is 16.0. The summed E-state index contributed by atoms with van der Waals surface area (Å²) in [5.74, 6) is 0. The quantitative estimate of drug-likeness (QED) is 0.815. The van der Waals surface area contributed by atoms with E-state index in [9.17, 15) is 0 Å². The largest absolute Gasteiger partial charge is 0.314 e. The van der Waals surface area contributed by atoms with Crippen LogP contribution in [0.1, 0.15) is 24.3 Å². The first kappa shape index (κ1) is 11.3. The molecule has 0 amide bonds. The highest BCUT2D eigenvalue weighted by Gasteiger charge is 2.19. The zero-order valence-electron chi connectivity index (χ0n) is 9.43. The molecule has 0 unspecified atom stereocenters. The molecule has 0 saturated heterocycles. The summed E-state index contributed by atoms with van der Waals surface area (Å²) < 4.78 is 0. The Morgan fingerprint density at radius 3 is 3.06 bits per heavy atom. The SMILES string of the molecule is c1nc(-c2nnc(CCCNC3CC3)s2)cs1. The minimum absolute atomic E-state index is 0.801. The molecule has 1 saturated carbocycles. The lowest BCUT2D eigenvalue weighted by atomic mass is 10.3. The van der Waals surface area contributed by atoms with Crippen LogP contribution in [0, 0.1) is 0 Å². The van der Waals surface area contributed by atoms with E-state index in [1.807, 2.05) is 10.9 Å². The van der Waals surface area contributed by atoms with Gasteiger partial charge in [0.05, 0.1) is 5.51 Å². The molecule has 0 aliphatic heterocycles. The van der Waals surface area contributed by atoms with Crippen LogP contribution in [0.4, 0.5) is 0 Å². The van der Waals surface area contributed by atoms with Crippen LogP contribution >= 0.6 is 22.7 Å². The fourth-order valence-electron chi connectivity index (χ4n) is 1.61. The molecule has 2 aromatic rings. The molecule has 3 rings (SSSR count). The lowest BCUT2D eigenvalue weighted by Crippen LogP contribution is -2.17. The lowest BCUT2D eigenvalue weighted by molar-refractivity contribution is 0.643. The average molecular weight is 266 g/mol. The molecule has 6 heteroatoms. The first-order valence-corrected chi connectivity index (χ1v) is 7.62. The molecule has 90 valence electrons. The van der Waals surface area contributed by atoms with Crippen molar-refractivity contribution in [1.82, 2.24) is 20.5 Å². The Morgan fingerprint density at radius 2 is 2.29 bits per heavy atom. The molecule has 0 spiro atoms. The van der Waals surface area contributed by atoms with Crippen LogP contribution in [-0.4, -0.2) is 27.8 Å². The number of nitrogens with zero attached hydrogens (tertiary/aromatic N) is 3. The van der Waals surface area contributed by atoms with E-state index >= 15 is 0 Å². The maximum Gasteiger partial charge on any atom is 0.167 e. The molecule has 1 fully saturated rings. The Morgan fingerprint density at radius 1 is 1.35 bits per heavy atom. The number of nitrogens with one attached hydrogen (secondary N) is 1. The summed E-state index contributed by atoms with van der Waals surface area (Å²) >= 11 is 3.25. The summed E-state index contributed by atoms with van der Waals surface area (Å²) in [6.45, 7) is 1.09. The second-order valence-electron chi connectivity index (χ2n) is 4.21. The van der Waals surface area contributed by atoms with Crippen molar-refractivity contribution >= 4 is 22.7 Å². The minimum atomic E-state index is 0.801. The molecule has 17 heavy (non-hydrogen) atoms. The Bertz CT molecular complexity index is 462. The molecule has 1 aliphatic carbocycles. The normalized spacial score (nSPS) is 15.3. The number of aromatic nitrogens is 3. The molecule has 2 aromatic heterocycles. The van der Waals surface area contributed by atoms with Gasteiger partial charge in [-0.2, -0.15) is 0 Å². The van der Waals surface area contributed by atoms with Gasteiger partial charge in [-0.05, 0) is 25.8 Å². The zero-order chi connectivity index (χ0) is 11.5. The van der Waals surface area contributed by atoms with Crippen molar-refractivity contribution < 1.29 is 0 Å². The van der Waals surface area contributed by atoms with Gasteiger partial charge in [-0.15, -0.1) is 21.5 Å². The van der Waals surface area contributed by atoms with E-state index in [-0.39, 0.29) is 0 Å². The molecule has 0 radical (unpaired) electrons. The fraction of sp³-hybridized carbons (Fsp3) is 0.545. The zero-order valence-corrected chi connectivity index (χ0v) is 11.1. The van der Waals surface area contributed by atoms with E-state index in [0.717, 1.165) is 41.1 Å². The first-order valence-electron chi connectivity index (χ1n) is 5.86. The van der Waals surface area contributed by atoms with Crippen LogP contribution in [0.3, 0.4) is 0 Å². The van der Waals surface area contributed by atoms with E-state index < -0.39 is 0 Å². The Kier molecular flexibility index (Phi) is 3.44. The molecule has 4 nitrogen and oxygen atoms in total. The standard InChI is InChI=1S/C11H14N4S2/c1(5-12-8-3-4-8)2-10-14-15-11(17-10)9-6-16-7-13-9/h6-8,12H,1-5H2. The van der Waals surface area contributed by atoms with Gasteiger partial charge >= 0.3 is 0 Å². The van der Waals surface area contributed by atoms with Crippen molar-refractivity contribution in [3.63, 3.8) is 0 Å². The molecule has 1 aliphatic rings. The number of hydrogen-bond acceptors (Lipinski definition) is 6. The van der Waals surface area contributed by atoms with Gasteiger partial charge in [-0.25, -0.2) is 4.98 Å². The van der Waals surface area contributed by atoms with Crippen LogP contribution < -0.4 is 5.32 Å². The Hall–Kier alpha value is -0.850. The number of thiazole rings is 1. The van der Waals surface area contributed by atoms with Crippen molar-refractivity contribution in [3.05, 3.63) is 15.9 Å². The summed E-state index contributed by atoms with van der Waals surface area (Å²) in [5.41, 5.74) is 2.78. The highest BCUT2D eigenvalue weighted by atomic mass is 32.1. The molecular formula is C11H14N4S2. The smallest absolute Gasteiger partial charge is 0.167 e.